The van der Waals surface area contributed by atoms with Crippen LogP contribution in [0.1, 0.15) is 94.9 Å². The highest BCUT2D eigenvalue weighted by molar-refractivity contribution is 5.91. The van der Waals surface area contributed by atoms with Crippen LogP contribution in [0.2, 0.25) is 0 Å². The van der Waals surface area contributed by atoms with Crippen LogP contribution in [0.15, 0.2) is 11.6 Å². The number of nitrogens with one attached hydrogen (secondary N) is 1. The summed E-state index contributed by atoms with van der Waals surface area (Å²) in [4.78, 5) is 40.9. The summed E-state index contributed by atoms with van der Waals surface area (Å²) in [7, 11) is 1.75. The lowest BCUT2D eigenvalue weighted by Crippen LogP contribution is -2.54. The van der Waals surface area contributed by atoms with E-state index in [2.05, 4.69) is 46.9 Å². The highest BCUT2D eigenvalue weighted by Crippen LogP contribution is 2.34. The third kappa shape index (κ3) is 9.50. The fourth-order valence-corrected chi connectivity index (χ4v) is 4.45. The van der Waals surface area contributed by atoms with Crippen molar-refractivity contribution in [2.75, 3.05) is 13.7 Å². The lowest BCUT2D eigenvalue weighted by atomic mass is 9.74. The molecule has 0 aliphatic heterocycles. The summed E-state index contributed by atoms with van der Waals surface area (Å²) < 4.78 is 5.10. The molecule has 0 heterocycles. The molecule has 0 spiro atoms. The molecular weight excluding hydrogens is 416 g/mol. The van der Waals surface area contributed by atoms with Gasteiger partial charge in [0.05, 0.1) is 12.6 Å². The molecule has 0 aromatic heterocycles. The van der Waals surface area contributed by atoms with Gasteiger partial charge in [-0.2, -0.15) is 0 Å². The molecule has 1 unspecified atom stereocenters. The van der Waals surface area contributed by atoms with Crippen LogP contribution in [0.4, 0.5) is 0 Å². The third-order valence-electron chi connectivity index (χ3n) is 6.44. The second-order valence-electron chi connectivity index (χ2n) is 10.5. The number of likely N-dealkylation sites (N-methyl/N-ethyl adjacent to an activating group) is 1. The van der Waals surface area contributed by atoms with Gasteiger partial charge in [-0.05, 0) is 57.3 Å². The summed E-state index contributed by atoms with van der Waals surface area (Å²) in [5.74, 6) is 0.177. The highest BCUT2D eigenvalue weighted by atomic mass is 16.5. The molecule has 0 saturated heterocycles. The van der Waals surface area contributed by atoms with E-state index in [4.69, 9.17) is 4.74 Å². The van der Waals surface area contributed by atoms with Crippen molar-refractivity contribution in [2.45, 2.75) is 107 Å². The Morgan fingerprint density at radius 1 is 0.970 bits per heavy atom. The zero-order chi connectivity index (χ0) is 25.9. The molecule has 0 saturated carbocycles. The Morgan fingerprint density at radius 2 is 1.52 bits per heavy atom. The summed E-state index contributed by atoms with van der Waals surface area (Å²) in [5.41, 5.74) is 0.00710. The van der Waals surface area contributed by atoms with Crippen LogP contribution < -0.4 is 5.32 Å². The topological polar surface area (TPSA) is 75.7 Å². The molecule has 0 aliphatic rings. The van der Waals surface area contributed by atoms with Gasteiger partial charge in [0.1, 0.15) is 6.04 Å². The average Bonchev–Trinajstić information content (AvgIpc) is 2.73. The van der Waals surface area contributed by atoms with E-state index in [9.17, 15) is 14.4 Å². The van der Waals surface area contributed by atoms with Crippen LogP contribution in [0.25, 0.3) is 0 Å². The summed E-state index contributed by atoms with van der Waals surface area (Å²) in [6.07, 6.45) is 4.63. The van der Waals surface area contributed by atoms with Crippen molar-refractivity contribution in [1.82, 2.24) is 10.2 Å². The molecule has 33 heavy (non-hydrogen) atoms. The van der Waals surface area contributed by atoms with E-state index in [1.807, 2.05) is 13.8 Å². The first-order valence-electron chi connectivity index (χ1n) is 12.7. The molecule has 6 nitrogen and oxygen atoms in total. The number of rotatable bonds is 14. The molecule has 6 heteroatoms. The maximum absolute atomic E-state index is 13.6. The monoisotopic (exact) mass is 466 g/mol. The molecule has 0 rings (SSSR count). The van der Waals surface area contributed by atoms with Gasteiger partial charge in [0, 0.05) is 18.0 Å². The predicted octanol–water partition coefficient (Wildman–Crippen LogP) is 5.36. The first-order valence-corrected chi connectivity index (χ1v) is 12.7. The fraction of sp³-hybridized carbons (Fsp3) is 0.815. The zero-order valence-electron chi connectivity index (χ0n) is 23.1. The van der Waals surface area contributed by atoms with E-state index in [1.54, 1.807) is 31.9 Å². The molecule has 1 N–H and O–H groups in total. The lowest BCUT2D eigenvalue weighted by molar-refractivity contribution is -0.141. The average molecular weight is 467 g/mol. The highest BCUT2D eigenvalue weighted by Gasteiger charge is 2.38. The van der Waals surface area contributed by atoms with Crippen molar-refractivity contribution < 1.29 is 19.1 Å². The van der Waals surface area contributed by atoms with Gasteiger partial charge >= 0.3 is 5.97 Å². The van der Waals surface area contributed by atoms with Crippen LogP contribution in [0.5, 0.6) is 0 Å². The van der Waals surface area contributed by atoms with Gasteiger partial charge in [-0.25, -0.2) is 4.79 Å². The quantitative estimate of drug-likeness (QED) is 0.276. The number of carbonyl (C=O) groups is 3. The van der Waals surface area contributed by atoms with Crippen LogP contribution in [0, 0.1) is 23.2 Å². The molecule has 0 bridgehead atoms. The van der Waals surface area contributed by atoms with Gasteiger partial charge in [-0.1, -0.05) is 61.5 Å². The third-order valence-corrected chi connectivity index (χ3v) is 6.44. The van der Waals surface area contributed by atoms with Crippen molar-refractivity contribution in [1.29, 1.82) is 0 Å². The second-order valence-corrected chi connectivity index (χ2v) is 10.5. The summed E-state index contributed by atoms with van der Waals surface area (Å²) in [6, 6.07) is -0.893. The van der Waals surface area contributed by atoms with Gasteiger partial charge in [-0.3, -0.25) is 9.59 Å². The van der Waals surface area contributed by atoms with Gasteiger partial charge in [0.25, 0.3) is 0 Å². The molecule has 2 amide bonds. The van der Waals surface area contributed by atoms with Crippen molar-refractivity contribution in [3.05, 3.63) is 11.6 Å². The van der Waals surface area contributed by atoms with Crippen LogP contribution in [0.3, 0.4) is 0 Å². The molecule has 192 valence electrons. The first kappa shape index (κ1) is 31.1. The van der Waals surface area contributed by atoms with Gasteiger partial charge in [0.2, 0.25) is 11.8 Å². The Hall–Kier alpha value is -1.85. The Bertz CT molecular complexity index is 663. The lowest BCUT2D eigenvalue weighted by Gasteiger charge is -2.36. The van der Waals surface area contributed by atoms with Crippen molar-refractivity contribution in [3.8, 4) is 0 Å². The molecular formula is C27H50N2O4. The van der Waals surface area contributed by atoms with Gasteiger partial charge < -0.3 is 15.0 Å². The van der Waals surface area contributed by atoms with E-state index < -0.39 is 11.5 Å². The van der Waals surface area contributed by atoms with E-state index in [0.717, 1.165) is 19.3 Å². The molecule has 0 aliphatic carbocycles. The maximum atomic E-state index is 13.6. The summed E-state index contributed by atoms with van der Waals surface area (Å²) in [5, 5.41) is 3.12. The summed E-state index contributed by atoms with van der Waals surface area (Å²) >= 11 is 0. The fourth-order valence-electron chi connectivity index (χ4n) is 4.45. The number of nitrogens with zero attached hydrogens (tertiary/aromatic N) is 1. The molecule has 0 fully saturated rings. The predicted molar refractivity (Wildman–Crippen MR) is 136 cm³/mol. The normalized spacial score (nSPS) is 14.4. The summed E-state index contributed by atoms with van der Waals surface area (Å²) in [6.45, 7) is 20.3. The molecule has 0 aromatic carbocycles. The first-order chi connectivity index (χ1) is 15.3. The Morgan fingerprint density at radius 3 is 1.91 bits per heavy atom. The number of hydrogen-bond acceptors (Lipinski definition) is 4. The number of esters is 1. The largest absolute Gasteiger partial charge is 0.463 e. The number of hydrogen-bond donors (Lipinski definition) is 1. The van der Waals surface area contributed by atoms with Gasteiger partial charge in [0.15, 0.2) is 0 Å². The smallest absolute Gasteiger partial charge is 0.333 e. The minimum atomic E-state index is -0.607. The Labute approximate surface area is 202 Å². The minimum absolute atomic E-state index is 0.0343. The SMILES string of the molecule is CCOC(=O)/C(C)=C/C(C(C)C)N(C)C(=O)[C@H](CC(C)C)NC(=O)C(CC)(CC)CC(C)C. The van der Waals surface area contributed by atoms with Crippen LogP contribution >= 0.6 is 0 Å². The number of amides is 2. The van der Waals surface area contributed by atoms with E-state index >= 15 is 0 Å². The number of carbonyl (C=O) groups excluding carboxylic acids is 3. The van der Waals surface area contributed by atoms with Crippen LogP contribution in [-0.4, -0.2) is 48.4 Å². The van der Waals surface area contributed by atoms with E-state index in [1.165, 1.54) is 0 Å². The molecule has 2 atom stereocenters. The van der Waals surface area contributed by atoms with Crippen molar-refractivity contribution in [2.24, 2.45) is 23.2 Å². The van der Waals surface area contributed by atoms with E-state index in [0.29, 0.717) is 24.5 Å². The molecule has 0 aromatic rings. The standard InChI is InChI=1S/C27H50N2O4/c1-12-27(13-2,17-19(6)7)26(32)28-22(15-18(4)5)24(30)29(11)23(20(8)9)16-21(10)25(31)33-14-3/h16,18-20,22-23H,12-15,17H2,1-11H3,(H,28,32)/b21-16+/t22-,23?/m0/s1. The van der Waals surface area contributed by atoms with Crippen molar-refractivity contribution in [3.63, 3.8) is 0 Å². The van der Waals surface area contributed by atoms with Gasteiger partial charge in [-0.15, -0.1) is 0 Å². The van der Waals surface area contributed by atoms with E-state index in [-0.39, 0.29) is 35.7 Å². The minimum Gasteiger partial charge on any atom is -0.463 e. The zero-order valence-corrected chi connectivity index (χ0v) is 23.1. The van der Waals surface area contributed by atoms with Crippen molar-refractivity contribution >= 4 is 17.8 Å². The molecule has 0 radical (unpaired) electrons. The van der Waals surface area contributed by atoms with Crippen LogP contribution in [-0.2, 0) is 19.1 Å². The Balaban J connectivity index is 5.94. The number of ether oxygens (including phenoxy) is 1. The second kappa shape index (κ2) is 14.4. The maximum Gasteiger partial charge on any atom is 0.333 e. The Kier molecular flexibility index (Phi) is 13.6.